The number of nitrogens with zero attached hydrogens (tertiary/aromatic N) is 1. The monoisotopic (exact) mass is 437 g/mol. The van der Waals surface area contributed by atoms with Crippen LogP contribution in [0.4, 0.5) is 0 Å². The van der Waals surface area contributed by atoms with Gasteiger partial charge in [0.25, 0.3) is 5.91 Å². The number of benzene rings is 2. The smallest absolute Gasteiger partial charge is 0.369 e. The molecule has 0 unspecified atom stereocenters. The second kappa shape index (κ2) is 7.93. The molecule has 0 radical (unpaired) electrons. The number of hydrogen-bond donors (Lipinski definition) is 5. The molecule has 2 aromatic heterocycles. The van der Waals surface area contributed by atoms with Gasteiger partial charge in [0.1, 0.15) is 23.3 Å². The van der Waals surface area contributed by atoms with Gasteiger partial charge in [-0.05, 0) is 42.3 Å². The molecule has 2 heterocycles. The molecule has 0 atom stereocenters. The Morgan fingerprint density at radius 2 is 1.91 bits per heavy atom. The van der Waals surface area contributed by atoms with Crippen LogP contribution in [0.5, 0.6) is 11.5 Å². The van der Waals surface area contributed by atoms with Gasteiger partial charge < -0.3 is 30.2 Å². The number of pyridine rings is 1. The Bertz CT molecular complexity index is 1360. The Morgan fingerprint density at radius 1 is 1.12 bits per heavy atom. The van der Waals surface area contributed by atoms with Crippen molar-refractivity contribution in [3.63, 3.8) is 0 Å². The molecule has 10 heteroatoms. The SMILES string of the molecule is CCc1cc2nccc(Oc3ccc4c(C(=O)NC(O)(O)O)coc4c3)c2cc1C(N)=O. The number of nitrogens with two attached hydrogens (primary N) is 1. The lowest BCUT2D eigenvalue weighted by Gasteiger charge is -2.14. The van der Waals surface area contributed by atoms with Crippen LogP contribution in [0.2, 0.25) is 0 Å². The lowest BCUT2D eigenvalue weighted by atomic mass is 10.0. The van der Waals surface area contributed by atoms with Crippen molar-refractivity contribution in [3.05, 3.63) is 65.5 Å². The summed E-state index contributed by atoms with van der Waals surface area (Å²) < 4.78 is 11.4. The number of rotatable bonds is 6. The van der Waals surface area contributed by atoms with Crippen molar-refractivity contribution in [2.45, 2.75) is 19.4 Å². The number of ether oxygens (including phenoxy) is 1. The lowest BCUT2D eigenvalue weighted by molar-refractivity contribution is -0.323. The Balaban J connectivity index is 1.70. The number of carbonyl (C=O) groups is 2. The molecule has 0 saturated heterocycles. The maximum absolute atomic E-state index is 12.1. The molecule has 0 aliphatic rings. The average molecular weight is 437 g/mol. The Labute approximate surface area is 180 Å². The molecule has 10 nitrogen and oxygen atoms in total. The fourth-order valence-corrected chi connectivity index (χ4v) is 3.42. The van der Waals surface area contributed by atoms with Crippen LogP contribution in [-0.4, -0.2) is 38.2 Å². The van der Waals surface area contributed by atoms with E-state index >= 15 is 0 Å². The third-order valence-electron chi connectivity index (χ3n) is 4.87. The number of primary amides is 1. The molecular weight excluding hydrogens is 418 g/mol. The van der Waals surface area contributed by atoms with E-state index in [-0.39, 0.29) is 11.1 Å². The van der Waals surface area contributed by atoms with E-state index in [1.165, 1.54) is 6.07 Å². The Morgan fingerprint density at radius 3 is 2.59 bits per heavy atom. The number of amides is 2. The number of hydrogen-bond acceptors (Lipinski definition) is 8. The molecule has 32 heavy (non-hydrogen) atoms. The summed E-state index contributed by atoms with van der Waals surface area (Å²) in [6, 6.07) is 9.76. The van der Waals surface area contributed by atoms with Crippen molar-refractivity contribution in [2.24, 2.45) is 5.73 Å². The summed E-state index contributed by atoms with van der Waals surface area (Å²) in [4.78, 5) is 28.3. The van der Waals surface area contributed by atoms with E-state index in [1.54, 1.807) is 41.8 Å². The van der Waals surface area contributed by atoms with Gasteiger partial charge in [0.15, 0.2) is 0 Å². The Hall–Kier alpha value is -3.99. The van der Waals surface area contributed by atoms with Gasteiger partial charge in [-0.3, -0.25) is 19.9 Å². The number of carbonyl (C=O) groups excluding carboxylic acids is 2. The summed E-state index contributed by atoms with van der Waals surface area (Å²) in [7, 11) is 0. The summed E-state index contributed by atoms with van der Waals surface area (Å²) in [5.74, 6) is -0.670. The first-order valence-electron chi connectivity index (χ1n) is 9.56. The third-order valence-corrected chi connectivity index (χ3v) is 4.87. The molecule has 0 aliphatic heterocycles. The molecule has 2 amide bonds. The molecule has 2 aromatic carbocycles. The largest absolute Gasteiger partial charge is 0.463 e. The minimum absolute atomic E-state index is 0.0133. The van der Waals surface area contributed by atoms with E-state index in [2.05, 4.69) is 4.98 Å². The molecule has 4 rings (SSSR count). The van der Waals surface area contributed by atoms with Gasteiger partial charge in [0.05, 0.1) is 11.1 Å². The number of fused-ring (bicyclic) bond motifs is 2. The van der Waals surface area contributed by atoms with E-state index < -0.39 is 17.9 Å². The fourth-order valence-electron chi connectivity index (χ4n) is 3.42. The summed E-state index contributed by atoms with van der Waals surface area (Å²) >= 11 is 0. The number of aliphatic hydroxyl groups is 3. The summed E-state index contributed by atoms with van der Waals surface area (Å²) in [6.45, 7) is 1.92. The average Bonchev–Trinajstić information content (AvgIpc) is 3.15. The van der Waals surface area contributed by atoms with Crippen LogP contribution in [0, 0.1) is 0 Å². The van der Waals surface area contributed by atoms with Crippen molar-refractivity contribution in [2.75, 3.05) is 0 Å². The van der Waals surface area contributed by atoms with Crippen molar-refractivity contribution in [1.82, 2.24) is 10.3 Å². The van der Waals surface area contributed by atoms with Crippen LogP contribution in [-0.2, 0) is 6.42 Å². The quantitative estimate of drug-likeness (QED) is 0.284. The van der Waals surface area contributed by atoms with Crippen molar-refractivity contribution in [1.29, 1.82) is 0 Å². The summed E-state index contributed by atoms with van der Waals surface area (Å²) in [5, 5.41) is 29.4. The molecule has 164 valence electrons. The first-order valence-corrected chi connectivity index (χ1v) is 9.56. The van der Waals surface area contributed by atoms with Crippen LogP contribution in [0.1, 0.15) is 33.2 Å². The van der Waals surface area contributed by atoms with Crippen LogP contribution in [0.25, 0.3) is 21.9 Å². The molecule has 0 bridgehead atoms. The standard InChI is InChI=1S/C22H19N3O7/c1-2-11-7-17-15(9-14(11)20(23)26)18(5-6-24-17)32-12-3-4-13-16(10-31-19(13)8-12)21(27)25-22(28,29)30/h3-10,28-30H,2H2,1H3,(H2,23,26)(H,25,27). The molecule has 0 fully saturated rings. The van der Waals surface area contributed by atoms with Crippen LogP contribution in [0.15, 0.2) is 53.3 Å². The molecule has 0 spiro atoms. The third kappa shape index (κ3) is 4.10. The highest BCUT2D eigenvalue weighted by atomic mass is 16.7. The van der Waals surface area contributed by atoms with Crippen LogP contribution >= 0.6 is 0 Å². The second-order valence-corrected chi connectivity index (χ2v) is 7.05. The van der Waals surface area contributed by atoms with Gasteiger partial charge >= 0.3 is 6.10 Å². The zero-order valence-electron chi connectivity index (χ0n) is 16.8. The normalized spacial score (nSPS) is 11.6. The summed E-state index contributed by atoms with van der Waals surface area (Å²) in [5.41, 5.74) is 7.61. The second-order valence-electron chi connectivity index (χ2n) is 7.05. The van der Waals surface area contributed by atoms with E-state index in [0.29, 0.717) is 39.8 Å². The molecule has 0 saturated carbocycles. The van der Waals surface area contributed by atoms with Gasteiger partial charge in [-0.25, -0.2) is 0 Å². The van der Waals surface area contributed by atoms with Gasteiger partial charge in [-0.2, -0.15) is 0 Å². The van der Waals surface area contributed by atoms with Crippen LogP contribution in [0.3, 0.4) is 0 Å². The minimum Gasteiger partial charge on any atom is -0.463 e. The van der Waals surface area contributed by atoms with Crippen molar-refractivity contribution in [3.8, 4) is 11.5 Å². The van der Waals surface area contributed by atoms with Gasteiger partial charge in [0, 0.05) is 28.6 Å². The fraction of sp³-hybridized carbons (Fsp3) is 0.136. The van der Waals surface area contributed by atoms with Crippen molar-refractivity contribution < 1.29 is 34.1 Å². The predicted octanol–water partition coefficient (Wildman–Crippen LogP) is 1.75. The van der Waals surface area contributed by atoms with E-state index in [1.807, 2.05) is 6.92 Å². The van der Waals surface area contributed by atoms with E-state index in [0.717, 1.165) is 11.8 Å². The molecule has 6 N–H and O–H groups in total. The Kier molecular flexibility index (Phi) is 5.26. The lowest BCUT2D eigenvalue weighted by Crippen LogP contribution is -2.48. The highest BCUT2D eigenvalue weighted by Crippen LogP contribution is 2.33. The van der Waals surface area contributed by atoms with Gasteiger partial charge in [0.2, 0.25) is 5.91 Å². The zero-order valence-corrected chi connectivity index (χ0v) is 16.8. The molecular formula is C22H19N3O7. The zero-order chi connectivity index (χ0) is 23.0. The van der Waals surface area contributed by atoms with Gasteiger partial charge in [-0.1, -0.05) is 6.92 Å². The summed E-state index contributed by atoms with van der Waals surface area (Å²) in [6.07, 6.45) is -0.0356. The molecule has 0 aliphatic carbocycles. The van der Waals surface area contributed by atoms with E-state index in [4.69, 9.17) is 30.2 Å². The maximum atomic E-state index is 12.1. The van der Waals surface area contributed by atoms with Gasteiger partial charge in [-0.15, -0.1) is 0 Å². The topological polar surface area (TPSA) is 168 Å². The predicted molar refractivity (Wildman–Crippen MR) is 113 cm³/mol. The first-order chi connectivity index (χ1) is 15.2. The number of aromatic nitrogens is 1. The number of furan rings is 1. The minimum atomic E-state index is -3.35. The maximum Gasteiger partial charge on any atom is 0.369 e. The van der Waals surface area contributed by atoms with Crippen molar-refractivity contribution >= 4 is 33.7 Å². The van der Waals surface area contributed by atoms with E-state index in [9.17, 15) is 9.59 Å². The highest BCUT2D eigenvalue weighted by Gasteiger charge is 2.24. The number of nitrogens with one attached hydrogen (secondary N) is 1. The first kappa shape index (κ1) is 21.2. The van der Waals surface area contributed by atoms with Crippen LogP contribution < -0.4 is 15.8 Å². The highest BCUT2D eigenvalue weighted by molar-refractivity contribution is 6.06. The number of aryl methyl sites for hydroxylation is 1. The molecule has 4 aromatic rings.